The van der Waals surface area contributed by atoms with Crippen LogP contribution in [0.1, 0.15) is 35.5 Å². The van der Waals surface area contributed by atoms with E-state index in [1.807, 2.05) is 45.0 Å². The highest BCUT2D eigenvalue weighted by molar-refractivity contribution is 5.96. The van der Waals surface area contributed by atoms with Crippen LogP contribution in [-0.2, 0) is 6.54 Å². The Morgan fingerprint density at radius 2 is 1.96 bits per heavy atom. The molecule has 0 radical (unpaired) electrons. The van der Waals surface area contributed by atoms with Crippen molar-refractivity contribution in [1.29, 1.82) is 0 Å². The van der Waals surface area contributed by atoms with Gasteiger partial charge in [-0.3, -0.25) is 9.78 Å². The normalized spacial score (nSPS) is 11.0. The predicted molar refractivity (Wildman–Crippen MR) is 96.5 cm³/mol. The summed E-state index contributed by atoms with van der Waals surface area (Å²) in [6.07, 6.45) is 1.70. The Labute approximate surface area is 145 Å². The molecule has 0 bridgehead atoms. The van der Waals surface area contributed by atoms with Gasteiger partial charge in [-0.15, -0.1) is 0 Å². The smallest absolute Gasteiger partial charge is 0.349 e. The third-order valence-electron chi connectivity index (χ3n) is 4.19. The van der Waals surface area contributed by atoms with Crippen LogP contribution in [0, 0.1) is 6.92 Å². The van der Waals surface area contributed by atoms with Gasteiger partial charge in [-0.25, -0.2) is 4.79 Å². The van der Waals surface area contributed by atoms with Gasteiger partial charge in [0.2, 0.25) is 0 Å². The van der Waals surface area contributed by atoms with Gasteiger partial charge in [0, 0.05) is 17.6 Å². The lowest BCUT2D eigenvalue weighted by Gasteiger charge is -2.26. The molecule has 1 aromatic carbocycles. The molecule has 2 heterocycles. The number of aryl methyl sites for hydroxylation is 1. The van der Waals surface area contributed by atoms with E-state index in [2.05, 4.69) is 4.98 Å². The number of para-hydroxylation sites is 1. The van der Waals surface area contributed by atoms with E-state index in [0.29, 0.717) is 12.1 Å². The Morgan fingerprint density at radius 1 is 1.20 bits per heavy atom. The minimum absolute atomic E-state index is 0.0426. The lowest BCUT2D eigenvalue weighted by Crippen LogP contribution is -2.39. The van der Waals surface area contributed by atoms with Crippen LogP contribution in [0.5, 0.6) is 0 Å². The Hall–Kier alpha value is -2.95. The summed E-state index contributed by atoms with van der Waals surface area (Å²) < 4.78 is 5.30. The van der Waals surface area contributed by atoms with Crippen LogP contribution in [0.2, 0.25) is 0 Å². The zero-order chi connectivity index (χ0) is 18.0. The van der Waals surface area contributed by atoms with Crippen molar-refractivity contribution in [1.82, 2.24) is 9.88 Å². The van der Waals surface area contributed by atoms with Gasteiger partial charge in [0.05, 0.1) is 12.2 Å². The quantitative estimate of drug-likeness (QED) is 0.684. The standard InChI is InChI=1S/C20H20N2O3/c1-13(2)22(12-17-14(3)7-6-10-21-17)19(23)16-11-15-8-4-5-9-18(15)25-20(16)24/h4-11,13H,12H2,1-3H3. The highest BCUT2D eigenvalue weighted by Gasteiger charge is 2.24. The molecule has 5 heteroatoms. The Balaban J connectivity index is 2.00. The van der Waals surface area contributed by atoms with E-state index in [-0.39, 0.29) is 17.5 Å². The first kappa shape index (κ1) is 16.9. The SMILES string of the molecule is Cc1cccnc1CN(C(=O)c1cc2ccccc2oc1=O)C(C)C. The molecule has 0 aliphatic heterocycles. The number of hydrogen-bond donors (Lipinski definition) is 0. The van der Waals surface area contributed by atoms with Gasteiger partial charge in [0.15, 0.2) is 0 Å². The first-order valence-electron chi connectivity index (χ1n) is 8.21. The second kappa shape index (κ2) is 6.89. The Bertz CT molecular complexity index is 976. The highest BCUT2D eigenvalue weighted by Crippen LogP contribution is 2.17. The maximum atomic E-state index is 13.0. The van der Waals surface area contributed by atoms with Crippen molar-refractivity contribution in [3.8, 4) is 0 Å². The summed E-state index contributed by atoms with van der Waals surface area (Å²) in [5, 5.41) is 0.725. The molecule has 0 saturated carbocycles. The highest BCUT2D eigenvalue weighted by atomic mass is 16.4. The number of rotatable bonds is 4. The van der Waals surface area contributed by atoms with Gasteiger partial charge in [0.1, 0.15) is 11.1 Å². The lowest BCUT2D eigenvalue weighted by molar-refractivity contribution is 0.0683. The third-order valence-corrected chi connectivity index (χ3v) is 4.19. The molecular formula is C20H20N2O3. The maximum Gasteiger partial charge on any atom is 0.349 e. The number of benzene rings is 1. The maximum absolute atomic E-state index is 13.0. The van der Waals surface area contributed by atoms with Gasteiger partial charge >= 0.3 is 5.63 Å². The van der Waals surface area contributed by atoms with E-state index in [1.165, 1.54) is 0 Å². The van der Waals surface area contributed by atoms with E-state index >= 15 is 0 Å². The van der Waals surface area contributed by atoms with E-state index < -0.39 is 5.63 Å². The predicted octanol–water partition coefficient (Wildman–Crippen LogP) is 3.55. The first-order valence-corrected chi connectivity index (χ1v) is 8.21. The number of fused-ring (bicyclic) bond motifs is 1. The number of amides is 1. The first-order chi connectivity index (χ1) is 12.0. The van der Waals surface area contributed by atoms with E-state index in [4.69, 9.17) is 4.42 Å². The molecule has 1 amide bonds. The fourth-order valence-electron chi connectivity index (χ4n) is 2.70. The Morgan fingerprint density at radius 3 is 2.68 bits per heavy atom. The zero-order valence-electron chi connectivity index (χ0n) is 14.5. The molecular weight excluding hydrogens is 316 g/mol. The fraction of sp³-hybridized carbons (Fsp3) is 0.250. The average molecular weight is 336 g/mol. The molecule has 0 N–H and O–H groups in total. The van der Waals surface area contributed by atoms with Gasteiger partial charge < -0.3 is 9.32 Å². The molecule has 0 saturated heterocycles. The molecule has 3 rings (SSSR count). The van der Waals surface area contributed by atoms with Crippen LogP contribution in [0.25, 0.3) is 11.0 Å². The van der Waals surface area contributed by atoms with Crippen molar-refractivity contribution in [3.63, 3.8) is 0 Å². The fourth-order valence-corrected chi connectivity index (χ4v) is 2.70. The van der Waals surface area contributed by atoms with Crippen molar-refractivity contribution >= 4 is 16.9 Å². The zero-order valence-corrected chi connectivity index (χ0v) is 14.5. The van der Waals surface area contributed by atoms with Crippen molar-refractivity contribution in [2.75, 3.05) is 0 Å². The second-order valence-electron chi connectivity index (χ2n) is 6.28. The summed E-state index contributed by atoms with van der Waals surface area (Å²) in [5.41, 5.74) is 1.72. The Kier molecular flexibility index (Phi) is 4.65. The molecule has 0 spiro atoms. The number of nitrogens with zero attached hydrogens (tertiary/aromatic N) is 2. The van der Waals surface area contributed by atoms with Crippen molar-refractivity contribution in [2.24, 2.45) is 0 Å². The summed E-state index contributed by atoms with van der Waals surface area (Å²) >= 11 is 0. The summed E-state index contributed by atoms with van der Waals surface area (Å²) in [6, 6.07) is 12.5. The van der Waals surface area contributed by atoms with E-state index in [9.17, 15) is 9.59 Å². The minimum Gasteiger partial charge on any atom is -0.422 e. The summed E-state index contributed by atoms with van der Waals surface area (Å²) in [7, 11) is 0. The number of pyridine rings is 1. The number of carbonyl (C=O) groups excluding carboxylic acids is 1. The van der Waals surface area contributed by atoms with Crippen LogP contribution in [0.15, 0.2) is 57.9 Å². The molecule has 0 fully saturated rings. The second-order valence-corrected chi connectivity index (χ2v) is 6.28. The molecule has 2 aromatic heterocycles. The molecule has 0 atom stereocenters. The molecule has 3 aromatic rings. The topological polar surface area (TPSA) is 63.4 Å². The van der Waals surface area contributed by atoms with Crippen LogP contribution in [0.4, 0.5) is 0 Å². The third kappa shape index (κ3) is 3.45. The summed E-state index contributed by atoms with van der Waals surface area (Å²) in [4.78, 5) is 31.3. The number of carbonyl (C=O) groups is 1. The van der Waals surface area contributed by atoms with Crippen molar-refractivity contribution < 1.29 is 9.21 Å². The molecule has 0 aliphatic rings. The molecule has 0 unspecified atom stereocenters. The molecule has 128 valence electrons. The minimum atomic E-state index is -0.618. The molecule has 5 nitrogen and oxygen atoms in total. The van der Waals surface area contributed by atoms with Crippen molar-refractivity contribution in [3.05, 3.63) is 75.9 Å². The largest absolute Gasteiger partial charge is 0.422 e. The van der Waals surface area contributed by atoms with Gasteiger partial charge in [-0.2, -0.15) is 0 Å². The van der Waals surface area contributed by atoms with Crippen LogP contribution >= 0.6 is 0 Å². The van der Waals surface area contributed by atoms with E-state index in [0.717, 1.165) is 16.6 Å². The van der Waals surface area contributed by atoms with Gasteiger partial charge in [0.25, 0.3) is 5.91 Å². The average Bonchev–Trinajstić information content (AvgIpc) is 2.59. The van der Waals surface area contributed by atoms with Crippen LogP contribution in [-0.4, -0.2) is 21.8 Å². The molecule has 0 aliphatic carbocycles. The van der Waals surface area contributed by atoms with E-state index in [1.54, 1.807) is 29.3 Å². The van der Waals surface area contributed by atoms with Crippen LogP contribution < -0.4 is 5.63 Å². The number of aromatic nitrogens is 1. The summed E-state index contributed by atoms with van der Waals surface area (Å²) in [5.74, 6) is -0.348. The molecule has 25 heavy (non-hydrogen) atoms. The lowest BCUT2D eigenvalue weighted by atomic mass is 10.1. The number of hydrogen-bond acceptors (Lipinski definition) is 4. The van der Waals surface area contributed by atoms with Crippen LogP contribution in [0.3, 0.4) is 0 Å². The van der Waals surface area contributed by atoms with Gasteiger partial charge in [-0.1, -0.05) is 24.3 Å². The monoisotopic (exact) mass is 336 g/mol. The van der Waals surface area contributed by atoms with Crippen molar-refractivity contribution in [2.45, 2.75) is 33.4 Å². The summed E-state index contributed by atoms with van der Waals surface area (Å²) in [6.45, 7) is 6.13. The van der Waals surface area contributed by atoms with Gasteiger partial charge in [-0.05, 0) is 44.5 Å².